The number of rotatable bonds is 9. The number of amides is 1. The summed E-state index contributed by atoms with van der Waals surface area (Å²) in [6, 6.07) is 3.97. The van der Waals surface area contributed by atoms with Gasteiger partial charge in [0.25, 0.3) is 5.91 Å². The lowest BCUT2D eigenvalue weighted by molar-refractivity contribution is -0.137. The topological polar surface area (TPSA) is 77.4 Å². The highest BCUT2D eigenvalue weighted by Crippen LogP contribution is 2.30. The Morgan fingerprint density at radius 1 is 1.20 bits per heavy atom. The van der Waals surface area contributed by atoms with Crippen molar-refractivity contribution in [3.8, 4) is 0 Å². The molecule has 0 saturated heterocycles. The molecule has 1 aliphatic rings. The lowest BCUT2D eigenvalue weighted by Gasteiger charge is -2.18. The number of carbonyl (C=O) groups is 3. The van der Waals surface area contributed by atoms with Crippen LogP contribution in [0, 0.1) is 6.92 Å². The van der Waals surface area contributed by atoms with Crippen molar-refractivity contribution in [1.82, 2.24) is 9.88 Å². The Morgan fingerprint density at radius 3 is 2.60 bits per heavy atom. The molecule has 1 heterocycles. The van der Waals surface area contributed by atoms with E-state index in [1.165, 1.54) is 6.08 Å². The number of hydrogen-bond donors (Lipinski definition) is 1. The van der Waals surface area contributed by atoms with Gasteiger partial charge in [-0.05, 0) is 75.9 Å². The molecular formula is C29H36N2O4. The molecule has 2 aromatic rings. The van der Waals surface area contributed by atoms with Crippen molar-refractivity contribution in [2.75, 3.05) is 13.2 Å². The van der Waals surface area contributed by atoms with Crippen LogP contribution in [0.5, 0.6) is 0 Å². The maximum Gasteiger partial charge on any atom is 0.330 e. The molecule has 0 saturated carbocycles. The summed E-state index contributed by atoms with van der Waals surface area (Å²) >= 11 is 0. The van der Waals surface area contributed by atoms with Crippen molar-refractivity contribution in [2.45, 2.75) is 66.8 Å². The second-order valence-corrected chi connectivity index (χ2v) is 9.39. The summed E-state index contributed by atoms with van der Waals surface area (Å²) in [6.45, 7) is 12.5. The highest BCUT2D eigenvalue weighted by atomic mass is 16.5. The highest BCUT2D eigenvalue weighted by molar-refractivity contribution is 6.09. The average molecular weight is 477 g/mol. The van der Waals surface area contributed by atoms with E-state index in [2.05, 4.69) is 36.7 Å². The number of ether oxygens (including phenoxy) is 1. The monoisotopic (exact) mass is 476 g/mol. The van der Waals surface area contributed by atoms with Crippen LogP contribution in [-0.4, -0.2) is 35.4 Å². The summed E-state index contributed by atoms with van der Waals surface area (Å²) in [7, 11) is 0. The fraction of sp³-hybridized carbons (Fsp3) is 0.414. The zero-order valence-corrected chi connectivity index (χ0v) is 21.7. The van der Waals surface area contributed by atoms with Gasteiger partial charge in [0.1, 0.15) is 0 Å². The van der Waals surface area contributed by atoms with Gasteiger partial charge in [0, 0.05) is 53.3 Å². The molecule has 1 N–H and O–H groups in total. The zero-order chi connectivity index (χ0) is 25.7. The van der Waals surface area contributed by atoms with Crippen molar-refractivity contribution in [1.29, 1.82) is 0 Å². The van der Waals surface area contributed by atoms with Crippen molar-refractivity contribution < 1.29 is 19.1 Å². The van der Waals surface area contributed by atoms with Crippen molar-refractivity contribution in [3.05, 3.63) is 63.9 Å². The van der Waals surface area contributed by atoms with Crippen LogP contribution in [0.4, 0.5) is 0 Å². The predicted octanol–water partition coefficient (Wildman–Crippen LogP) is 5.85. The number of Topliss-reactive ketones (excluding diaryl/α,β-unsaturated/α-hetero) is 1. The van der Waals surface area contributed by atoms with Gasteiger partial charge in [-0.1, -0.05) is 25.0 Å². The van der Waals surface area contributed by atoms with Gasteiger partial charge in [-0.2, -0.15) is 0 Å². The molecule has 1 aliphatic carbocycles. The van der Waals surface area contributed by atoms with E-state index in [4.69, 9.17) is 4.74 Å². The molecule has 6 heteroatoms. The molecule has 186 valence electrons. The largest absolute Gasteiger partial charge is 0.463 e. The van der Waals surface area contributed by atoms with Gasteiger partial charge in [0.15, 0.2) is 5.78 Å². The normalized spacial score (nSPS) is 14.3. The molecule has 0 radical (unpaired) electrons. The van der Waals surface area contributed by atoms with Crippen LogP contribution in [0.2, 0.25) is 0 Å². The first-order valence-electron chi connectivity index (χ1n) is 12.4. The molecule has 0 aliphatic heterocycles. The van der Waals surface area contributed by atoms with Gasteiger partial charge in [0.05, 0.1) is 6.61 Å². The molecule has 1 aromatic carbocycles. The summed E-state index contributed by atoms with van der Waals surface area (Å²) in [6.07, 6.45) is 9.31. The first-order chi connectivity index (χ1) is 16.7. The lowest BCUT2D eigenvalue weighted by Crippen LogP contribution is -2.29. The SMILES string of the molecule is CCCC1=C(CNC(=O)c2cc(/C=C/C(=O)OCC)cc3c2c(C)cn3C(C)C)C(=O)CC(C)=C1. The summed E-state index contributed by atoms with van der Waals surface area (Å²) in [5.41, 5.74) is 5.94. The first-order valence-corrected chi connectivity index (χ1v) is 12.4. The third kappa shape index (κ3) is 5.99. The van der Waals surface area contributed by atoms with E-state index in [1.54, 1.807) is 19.1 Å². The molecule has 35 heavy (non-hydrogen) atoms. The van der Waals surface area contributed by atoms with Crippen LogP contribution >= 0.6 is 0 Å². The molecule has 1 amide bonds. The number of ketones is 1. The fourth-order valence-electron chi connectivity index (χ4n) is 4.61. The van der Waals surface area contributed by atoms with Crippen LogP contribution in [0.25, 0.3) is 17.0 Å². The number of aromatic nitrogens is 1. The molecule has 3 rings (SSSR count). The van der Waals surface area contributed by atoms with Crippen LogP contribution < -0.4 is 5.32 Å². The maximum absolute atomic E-state index is 13.5. The van der Waals surface area contributed by atoms with E-state index in [9.17, 15) is 14.4 Å². The number of carbonyl (C=O) groups excluding carboxylic acids is 3. The van der Waals surface area contributed by atoms with Gasteiger partial charge in [-0.15, -0.1) is 0 Å². The Morgan fingerprint density at radius 2 is 1.94 bits per heavy atom. The van der Waals surface area contributed by atoms with Crippen LogP contribution in [0.15, 0.2) is 47.2 Å². The van der Waals surface area contributed by atoms with Crippen LogP contribution in [0.3, 0.4) is 0 Å². The first kappa shape index (κ1) is 26.2. The number of nitrogens with zero attached hydrogens (tertiary/aromatic N) is 1. The van der Waals surface area contributed by atoms with E-state index in [0.717, 1.165) is 46.0 Å². The number of allylic oxidation sites excluding steroid dienone is 3. The average Bonchev–Trinajstić information content (AvgIpc) is 3.13. The number of nitrogens with one attached hydrogen (secondary N) is 1. The quantitative estimate of drug-likeness (QED) is 0.364. The Labute approximate surface area is 207 Å². The number of esters is 1. The third-order valence-corrected chi connectivity index (χ3v) is 6.17. The summed E-state index contributed by atoms with van der Waals surface area (Å²) in [4.78, 5) is 38.1. The third-order valence-electron chi connectivity index (χ3n) is 6.17. The van der Waals surface area contributed by atoms with E-state index in [0.29, 0.717) is 24.2 Å². The van der Waals surface area contributed by atoms with Crippen LogP contribution in [0.1, 0.15) is 81.4 Å². The molecule has 0 unspecified atom stereocenters. The smallest absolute Gasteiger partial charge is 0.330 e. The Kier molecular flexibility index (Phi) is 8.49. The summed E-state index contributed by atoms with van der Waals surface area (Å²) in [5, 5.41) is 3.87. The van der Waals surface area contributed by atoms with Crippen LogP contribution in [-0.2, 0) is 14.3 Å². The fourth-order valence-corrected chi connectivity index (χ4v) is 4.61. The Balaban J connectivity index is 2.01. The predicted molar refractivity (Wildman–Crippen MR) is 140 cm³/mol. The Bertz CT molecular complexity index is 1240. The van der Waals surface area contributed by atoms with E-state index < -0.39 is 5.97 Å². The maximum atomic E-state index is 13.5. The molecule has 6 nitrogen and oxygen atoms in total. The zero-order valence-electron chi connectivity index (χ0n) is 21.7. The molecule has 0 bridgehead atoms. The van der Waals surface area contributed by atoms with Gasteiger partial charge >= 0.3 is 5.97 Å². The summed E-state index contributed by atoms with van der Waals surface area (Å²) < 4.78 is 7.12. The molecule has 0 atom stereocenters. The van der Waals surface area contributed by atoms with E-state index >= 15 is 0 Å². The number of hydrogen-bond acceptors (Lipinski definition) is 4. The number of fused-ring (bicyclic) bond motifs is 1. The van der Waals surface area contributed by atoms with Crippen molar-refractivity contribution >= 4 is 34.6 Å². The second kappa shape index (κ2) is 11.3. The molecule has 0 fully saturated rings. The van der Waals surface area contributed by atoms with E-state index in [1.807, 2.05) is 26.1 Å². The van der Waals surface area contributed by atoms with Crippen molar-refractivity contribution in [3.63, 3.8) is 0 Å². The Hall–Kier alpha value is -3.41. The molecular weight excluding hydrogens is 440 g/mol. The minimum atomic E-state index is -0.427. The summed E-state index contributed by atoms with van der Waals surface area (Å²) in [5.74, 6) is -0.593. The number of aryl methyl sites for hydroxylation is 1. The minimum Gasteiger partial charge on any atom is -0.463 e. The van der Waals surface area contributed by atoms with Gasteiger partial charge in [-0.3, -0.25) is 9.59 Å². The van der Waals surface area contributed by atoms with Crippen molar-refractivity contribution in [2.24, 2.45) is 0 Å². The minimum absolute atomic E-state index is 0.0761. The highest BCUT2D eigenvalue weighted by Gasteiger charge is 2.22. The van der Waals surface area contributed by atoms with Gasteiger partial charge < -0.3 is 14.6 Å². The number of benzene rings is 1. The van der Waals surface area contributed by atoms with E-state index in [-0.39, 0.29) is 24.3 Å². The molecule has 0 spiro atoms. The lowest BCUT2D eigenvalue weighted by atomic mass is 9.89. The standard InChI is InChI=1S/C29H36N2O4/c1-7-9-22-12-19(5)13-26(32)24(22)16-30-29(34)23-14-21(10-11-27(33)35-8-2)15-25-28(23)20(6)17-31(25)18(3)4/h10-12,14-15,17-18H,7-9,13,16H2,1-6H3,(H,30,34)/b11-10+. The molecule has 1 aromatic heterocycles. The van der Waals surface area contributed by atoms with Gasteiger partial charge in [-0.25, -0.2) is 4.79 Å². The van der Waals surface area contributed by atoms with Gasteiger partial charge in [0.2, 0.25) is 0 Å². The second-order valence-electron chi connectivity index (χ2n) is 9.39.